The van der Waals surface area contributed by atoms with E-state index in [0.717, 1.165) is 12.0 Å². The van der Waals surface area contributed by atoms with Crippen LogP contribution in [0.25, 0.3) is 11.4 Å². The summed E-state index contributed by atoms with van der Waals surface area (Å²) in [6.07, 6.45) is 1.34. The summed E-state index contributed by atoms with van der Waals surface area (Å²) in [6, 6.07) is 11.2. The van der Waals surface area contributed by atoms with E-state index in [-0.39, 0.29) is 36.5 Å². The van der Waals surface area contributed by atoms with E-state index in [1.807, 2.05) is 12.1 Å². The van der Waals surface area contributed by atoms with Gasteiger partial charge in [0.25, 0.3) is 0 Å². The zero-order chi connectivity index (χ0) is 26.8. The van der Waals surface area contributed by atoms with Crippen molar-refractivity contribution in [2.24, 2.45) is 5.92 Å². The molecule has 10 nitrogen and oxygen atoms in total. The molecule has 198 valence electrons. The lowest BCUT2D eigenvalue weighted by atomic mass is 10.1. The number of amides is 2. The van der Waals surface area contributed by atoms with Gasteiger partial charge in [0.1, 0.15) is 12.4 Å². The third-order valence-corrected chi connectivity index (χ3v) is 5.68. The number of hydrogen-bond donors (Lipinski definition) is 1. The number of ether oxygens (including phenoxy) is 2. The number of rotatable bonds is 13. The minimum Gasteiger partial charge on any atom is -0.493 e. The Morgan fingerprint density at radius 2 is 1.81 bits per heavy atom. The molecule has 1 aromatic heterocycles. The maximum Gasteiger partial charge on any atom is 0.246 e. The van der Waals surface area contributed by atoms with Crippen LogP contribution in [0.2, 0.25) is 0 Å². The molecule has 0 radical (unpaired) electrons. The molecule has 2 aromatic carbocycles. The third-order valence-electron chi connectivity index (χ3n) is 5.68. The number of tetrazole rings is 1. The van der Waals surface area contributed by atoms with Crippen molar-refractivity contribution in [3.8, 4) is 22.9 Å². The Morgan fingerprint density at radius 1 is 1.08 bits per heavy atom. The first kappa shape index (κ1) is 27.6. The summed E-state index contributed by atoms with van der Waals surface area (Å²) in [5.41, 5.74) is 1.50. The Balaban J connectivity index is 1.69. The van der Waals surface area contributed by atoms with Crippen molar-refractivity contribution >= 4 is 11.8 Å². The van der Waals surface area contributed by atoms with Gasteiger partial charge in [0, 0.05) is 18.7 Å². The van der Waals surface area contributed by atoms with Crippen LogP contribution in [0.1, 0.15) is 25.8 Å². The van der Waals surface area contributed by atoms with E-state index in [4.69, 9.17) is 9.47 Å². The minimum atomic E-state index is -0.372. The van der Waals surface area contributed by atoms with Crippen LogP contribution in [-0.4, -0.2) is 70.8 Å². The first-order chi connectivity index (χ1) is 17.8. The molecular weight excluding hydrogens is 479 g/mol. The average molecular weight is 513 g/mol. The van der Waals surface area contributed by atoms with E-state index in [9.17, 15) is 14.0 Å². The maximum atomic E-state index is 13.2. The lowest BCUT2D eigenvalue weighted by Crippen LogP contribution is -2.43. The van der Waals surface area contributed by atoms with Crippen LogP contribution in [0.5, 0.6) is 11.5 Å². The highest BCUT2D eigenvalue weighted by Gasteiger charge is 2.20. The topological polar surface area (TPSA) is 111 Å². The third kappa shape index (κ3) is 8.26. The average Bonchev–Trinajstić information content (AvgIpc) is 3.34. The van der Waals surface area contributed by atoms with Crippen molar-refractivity contribution < 1.29 is 23.5 Å². The van der Waals surface area contributed by atoms with Gasteiger partial charge >= 0.3 is 0 Å². The fraction of sp³-hybridized carbons (Fsp3) is 0.423. The van der Waals surface area contributed by atoms with Gasteiger partial charge < -0.3 is 19.7 Å². The van der Waals surface area contributed by atoms with Gasteiger partial charge in [-0.05, 0) is 65.9 Å². The Hall–Kier alpha value is -4.02. The molecule has 3 rings (SSSR count). The summed E-state index contributed by atoms with van der Waals surface area (Å²) >= 11 is 0. The van der Waals surface area contributed by atoms with Gasteiger partial charge in [-0.25, -0.2) is 4.39 Å². The second kappa shape index (κ2) is 13.3. The fourth-order valence-electron chi connectivity index (χ4n) is 3.57. The maximum absolute atomic E-state index is 13.2. The Bertz CT molecular complexity index is 1180. The van der Waals surface area contributed by atoms with Crippen LogP contribution >= 0.6 is 0 Å². The van der Waals surface area contributed by atoms with E-state index < -0.39 is 0 Å². The molecule has 0 spiro atoms. The van der Waals surface area contributed by atoms with Gasteiger partial charge in [-0.1, -0.05) is 19.9 Å². The zero-order valence-corrected chi connectivity index (χ0v) is 21.6. The van der Waals surface area contributed by atoms with E-state index in [2.05, 4.69) is 34.6 Å². The molecule has 0 saturated carbocycles. The lowest BCUT2D eigenvalue weighted by molar-refractivity contribution is -0.136. The number of nitrogens with one attached hydrogen (secondary N) is 1. The van der Waals surface area contributed by atoms with Crippen molar-refractivity contribution in [1.29, 1.82) is 0 Å². The number of carbonyl (C=O) groups excluding carboxylic acids is 2. The van der Waals surface area contributed by atoms with Crippen LogP contribution in [0.4, 0.5) is 4.39 Å². The Morgan fingerprint density at radius 3 is 2.49 bits per heavy atom. The SMILES string of the molecule is COc1ccc(CCN(CC(=O)NCCC(C)C)C(=O)Cn2nnc(-c3ccc(F)cc3)n2)cc1OC. The molecule has 0 aliphatic carbocycles. The largest absolute Gasteiger partial charge is 0.493 e. The monoisotopic (exact) mass is 512 g/mol. The highest BCUT2D eigenvalue weighted by Crippen LogP contribution is 2.27. The van der Waals surface area contributed by atoms with Gasteiger partial charge in [0.15, 0.2) is 11.5 Å². The highest BCUT2D eigenvalue weighted by molar-refractivity contribution is 5.84. The van der Waals surface area contributed by atoms with Gasteiger partial charge in [-0.15, -0.1) is 10.2 Å². The van der Waals surface area contributed by atoms with Gasteiger partial charge in [-0.3, -0.25) is 9.59 Å². The van der Waals surface area contributed by atoms with Gasteiger partial charge in [0.05, 0.1) is 20.8 Å². The number of halogens is 1. The predicted molar refractivity (Wildman–Crippen MR) is 136 cm³/mol. The van der Waals surface area contributed by atoms with Crippen LogP contribution < -0.4 is 14.8 Å². The van der Waals surface area contributed by atoms with Crippen LogP contribution in [0.15, 0.2) is 42.5 Å². The second-order valence-corrected chi connectivity index (χ2v) is 8.94. The highest BCUT2D eigenvalue weighted by atomic mass is 19.1. The van der Waals surface area contributed by atoms with Crippen molar-refractivity contribution in [3.05, 3.63) is 53.8 Å². The van der Waals surface area contributed by atoms with Crippen LogP contribution in [0, 0.1) is 11.7 Å². The number of carbonyl (C=O) groups is 2. The number of aromatic nitrogens is 4. The van der Waals surface area contributed by atoms with Gasteiger partial charge in [0.2, 0.25) is 17.6 Å². The van der Waals surface area contributed by atoms with Crippen LogP contribution in [-0.2, 0) is 22.6 Å². The van der Waals surface area contributed by atoms with Crippen molar-refractivity contribution in [2.45, 2.75) is 33.2 Å². The summed E-state index contributed by atoms with van der Waals surface area (Å²) in [4.78, 5) is 28.4. The molecule has 0 saturated heterocycles. The predicted octanol–water partition coefficient (Wildman–Crippen LogP) is 2.73. The lowest BCUT2D eigenvalue weighted by Gasteiger charge is -2.22. The standard InChI is InChI=1S/C26H33FN6O4/c1-18(2)11-13-28-24(34)16-32(14-12-19-5-10-22(36-3)23(15-19)37-4)25(35)17-33-30-26(29-31-33)20-6-8-21(27)9-7-20/h5-10,15,18H,11-14,16-17H2,1-4H3,(H,28,34). The second-order valence-electron chi connectivity index (χ2n) is 8.94. The molecule has 0 aliphatic rings. The first-order valence-electron chi connectivity index (χ1n) is 12.1. The molecule has 0 unspecified atom stereocenters. The number of benzene rings is 2. The van der Waals surface area contributed by atoms with Crippen LogP contribution in [0.3, 0.4) is 0 Å². The molecule has 11 heteroatoms. The molecule has 0 bridgehead atoms. The summed E-state index contributed by atoms with van der Waals surface area (Å²) < 4.78 is 23.9. The smallest absolute Gasteiger partial charge is 0.246 e. The quantitative estimate of drug-likeness (QED) is 0.375. The van der Waals surface area contributed by atoms with E-state index in [1.165, 1.54) is 34.0 Å². The molecular formula is C26H33FN6O4. The minimum absolute atomic E-state index is 0.0935. The molecule has 0 atom stereocenters. The number of hydrogen-bond acceptors (Lipinski definition) is 7. The Labute approximate surface area is 215 Å². The van der Waals surface area contributed by atoms with Crippen molar-refractivity contribution in [3.63, 3.8) is 0 Å². The summed E-state index contributed by atoms with van der Waals surface area (Å²) in [6.45, 7) is 4.71. The molecule has 0 aliphatic heterocycles. The summed E-state index contributed by atoms with van der Waals surface area (Å²) in [7, 11) is 3.12. The first-order valence-corrected chi connectivity index (χ1v) is 12.1. The summed E-state index contributed by atoms with van der Waals surface area (Å²) in [5.74, 6) is 0.987. The van der Waals surface area contributed by atoms with Crippen molar-refractivity contribution in [1.82, 2.24) is 30.4 Å². The molecule has 37 heavy (non-hydrogen) atoms. The number of nitrogens with zero attached hydrogens (tertiary/aromatic N) is 5. The molecule has 3 aromatic rings. The fourth-order valence-corrected chi connectivity index (χ4v) is 3.57. The molecule has 2 amide bonds. The summed E-state index contributed by atoms with van der Waals surface area (Å²) in [5, 5.41) is 15.0. The van der Waals surface area contributed by atoms with E-state index in [1.54, 1.807) is 20.3 Å². The normalized spacial score (nSPS) is 10.9. The molecule has 0 fully saturated rings. The molecule has 1 heterocycles. The van der Waals surface area contributed by atoms with E-state index >= 15 is 0 Å². The Kier molecular flexibility index (Phi) is 9.93. The van der Waals surface area contributed by atoms with Gasteiger partial charge in [-0.2, -0.15) is 4.80 Å². The number of methoxy groups -OCH3 is 2. The van der Waals surface area contributed by atoms with Crippen molar-refractivity contribution in [2.75, 3.05) is 33.9 Å². The molecule has 1 N–H and O–H groups in total. The zero-order valence-electron chi connectivity index (χ0n) is 21.6. The van der Waals surface area contributed by atoms with E-state index in [0.29, 0.717) is 42.5 Å².